The maximum absolute atomic E-state index is 9.37. The van der Waals surface area contributed by atoms with E-state index in [9.17, 15) is 25.9 Å². The van der Waals surface area contributed by atoms with Crippen LogP contribution in [0.1, 0.15) is 0 Å². The molecule has 0 aliphatic carbocycles. The molecule has 0 aromatic carbocycles. The molecule has 0 aliphatic heterocycles. The Bertz CT molecular complexity index is 253. The van der Waals surface area contributed by atoms with Crippen molar-refractivity contribution in [3.63, 3.8) is 0 Å². The summed E-state index contributed by atoms with van der Waals surface area (Å²) in [4.78, 5) is 0. The molecule has 4 N–H and O–H groups in total. The van der Waals surface area contributed by atoms with E-state index in [1.807, 2.05) is 0 Å². The van der Waals surface area contributed by atoms with Crippen LogP contribution >= 0.6 is 0 Å². The molecule has 0 unspecified atom stereocenters. The summed E-state index contributed by atoms with van der Waals surface area (Å²) >= 11 is 0. The van der Waals surface area contributed by atoms with Gasteiger partial charge in [0, 0.05) is 0 Å². The molecule has 0 spiro atoms. The van der Waals surface area contributed by atoms with Gasteiger partial charge < -0.3 is 15.3 Å². The smallest absolute Gasteiger partial charge is 0.724 e. The molecule has 0 aromatic rings. The molecule has 9 nitrogen and oxygen atoms in total. The van der Waals surface area contributed by atoms with Gasteiger partial charge in [0.2, 0.25) is 20.8 Å². The van der Waals surface area contributed by atoms with Crippen LogP contribution in [0.5, 0.6) is 0 Å². The summed E-state index contributed by atoms with van der Waals surface area (Å²) in [6.07, 6.45) is 0. The molecule has 1 radical (unpaired) electrons. The van der Waals surface area contributed by atoms with Gasteiger partial charge in [0.15, 0.2) is 0 Å². The first-order valence-corrected chi connectivity index (χ1v) is 4.17. The summed E-state index contributed by atoms with van der Waals surface area (Å²) < 4.78 is 61.5. The van der Waals surface area contributed by atoms with Gasteiger partial charge in [-0.1, -0.05) is 0 Å². The first kappa shape index (κ1) is 18.2. The van der Waals surface area contributed by atoms with Gasteiger partial charge in [-0.3, -0.25) is 0 Å². The minimum Gasteiger partial charge on any atom is -0.724 e. The van der Waals surface area contributed by atoms with Crippen molar-refractivity contribution in [2.75, 3.05) is 0 Å². The zero-order chi connectivity index (χ0) is 8.41. The van der Waals surface area contributed by atoms with Gasteiger partial charge >= 0.3 is 21.1 Å². The maximum Gasteiger partial charge on any atom is 1.00 e. The normalized spacial score (nSPS) is 11.2. The van der Waals surface area contributed by atoms with Gasteiger partial charge in [0.1, 0.15) is 0 Å². The Kier molecular flexibility index (Phi) is 9.02. The van der Waals surface area contributed by atoms with E-state index in [4.69, 9.17) is 0 Å². The molecule has 0 rings (SSSR count). The number of hydrogen-bond acceptors (Lipinski definition) is 8. The van der Waals surface area contributed by atoms with E-state index in [-0.39, 0.29) is 27.2 Å². The van der Waals surface area contributed by atoms with Crippen molar-refractivity contribution in [3.8, 4) is 0 Å². The fourth-order valence-electron chi connectivity index (χ4n) is 0.0680. The van der Waals surface area contributed by atoms with E-state index in [1.165, 1.54) is 0 Å². The topological polar surface area (TPSA) is 169 Å². The van der Waals surface area contributed by atoms with Crippen LogP contribution in [0.15, 0.2) is 0 Å². The summed E-state index contributed by atoms with van der Waals surface area (Å²) in [5.41, 5.74) is 0. The Morgan fingerprint density at radius 2 is 1.00 bits per heavy atom. The predicted octanol–water partition coefficient (Wildman–Crippen LogP) is -1.77. The van der Waals surface area contributed by atoms with Gasteiger partial charge in [-0.2, -0.15) is 0 Å². The summed E-state index contributed by atoms with van der Waals surface area (Å²) in [5.74, 6) is 0. The minimum atomic E-state index is -5.31. The van der Waals surface area contributed by atoms with Crippen molar-refractivity contribution in [2.45, 2.75) is 0 Å². The van der Waals surface area contributed by atoms with Crippen LogP contribution in [-0.4, -0.2) is 25.9 Å². The summed E-state index contributed by atoms with van der Waals surface area (Å²) in [5, 5.41) is 0. The van der Waals surface area contributed by atoms with Crippen molar-refractivity contribution in [1.29, 1.82) is 0 Å². The molecule has 0 heterocycles. The van der Waals surface area contributed by atoms with Crippen LogP contribution in [0.4, 0.5) is 0 Å². The van der Waals surface area contributed by atoms with Gasteiger partial charge in [-0.05, 0) is 0 Å². The van der Waals surface area contributed by atoms with E-state index in [1.54, 1.807) is 0 Å². The predicted molar refractivity (Wildman–Crippen MR) is 27.5 cm³/mol. The Hall–Kier alpha value is 0.388. The van der Waals surface area contributed by atoms with Crippen LogP contribution in [0.2, 0.25) is 0 Å². The van der Waals surface area contributed by atoms with Crippen LogP contribution in [0, 0.1) is 0 Å². The zero-order valence-corrected chi connectivity index (χ0v) is 9.30. The Balaban J connectivity index is -0.000000405. The van der Waals surface area contributed by atoms with Crippen LogP contribution in [0.25, 0.3) is 0 Å². The first-order valence-electron chi connectivity index (χ1n) is 1.50. The van der Waals surface area contributed by atoms with Crippen LogP contribution < -0.4 is 6.15 Å². The van der Waals surface area contributed by atoms with Gasteiger partial charge in [0.05, 0.1) is 0 Å². The summed E-state index contributed by atoms with van der Waals surface area (Å²) in [7, 11) is -10.6. The second-order valence-electron chi connectivity index (χ2n) is 0.953. The van der Waals surface area contributed by atoms with Gasteiger partial charge in [0.25, 0.3) is 0 Å². The second kappa shape index (κ2) is 5.94. The van der Waals surface area contributed by atoms with Crippen LogP contribution in [-0.2, 0) is 50.5 Å². The Morgan fingerprint density at radius 3 is 1.08 bits per heavy atom. The molecular formula is H4NO8PtS2. The van der Waals surface area contributed by atoms with Crippen molar-refractivity contribution >= 4 is 20.8 Å². The molecule has 0 atom stereocenters. The Labute approximate surface area is 82.7 Å². The molecule has 79 valence electrons. The maximum atomic E-state index is 9.37. The molecule has 0 aliphatic rings. The molecule has 0 aromatic heterocycles. The first-order chi connectivity index (χ1) is 4.21. The molecule has 0 saturated carbocycles. The zero-order valence-electron chi connectivity index (χ0n) is 5.40. The number of quaternary nitrogens is 1. The molecule has 0 saturated heterocycles. The van der Waals surface area contributed by atoms with E-state index < -0.39 is 20.8 Å². The molecule has 12 heavy (non-hydrogen) atoms. The summed E-state index contributed by atoms with van der Waals surface area (Å²) in [6, 6.07) is 0. The third-order valence-electron chi connectivity index (χ3n) is 0.194. The third kappa shape index (κ3) is 16.8. The molecule has 0 bridgehead atoms. The van der Waals surface area contributed by atoms with Gasteiger partial charge in [-0.25, -0.2) is 16.8 Å². The van der Waals surface area contributed by atoms with Crippen molar-refractivity contribution in [2.24, 2.45) is 0 Å². The number of rotatable bonds is 3. The largest absolute Gasteiger partial charge is 1.00 e. The fourth-order valence-corrected chi connectivity index (χ4v) is 0.612. The molecule has 12 heteroatoms. The van der Waals surface area contributed by atoms with Crippen molar-refractivity contribution < 1.29 is 55.7 Å². The molecule has 0 amide bonds. The van der Waals surface area contributed by atoms with Gasteiger partial charge in [-0.15, -0.1) is 8.67 Å². The quantitative estimate of drug-likeness (QED) is 0.249. The van der Waals surface area contributed by atoms with Crippen molar-refractivity contribution in [3.05, 3.63) is 0 Å². The molecule has 0 fully saturated rings. The van der Waals surface area contributed by atoms with Crippen LogP contribution in [0.3, 0.4) is 0 Å². The van der Waals surface area contributed by atoms with E-state index in [0.717, 1.165) is 0 Å². The summed E-state index contributed by atoms with van der Waals surface area (Å²) in [6.45, 7) is 0. The third-order valence-corrected chi connectivity index (χ3v) is 0.750. The second-order valence-corrected chi connectivity index (χ2v) is 2.86. The van der Waals surface area contributed by atoms with E-state index in [0.29, 0.717) is 0 Å². The SMILES string of the molecule is O=S(=O)([O-])OOS(=O)(=O)[O-].[NH4+].[Pt+]. The van der Waals surface area contributed by atoms with Crippen molar-refractivity contribution in [1.82, 2.24) is 6.15 Å². The fraction of sp³-hybridized carbons (Fsp3) is 0. The minimum absolute atomic E-state index is 0. The molecular weight excluding hydrogens is 401 g/mol. The van der Waals surface area contributed by atoms with E-state index >= 15 is 0 Å². The average Bonchev–Trinajstić information content (AvgIpc) is 1.57. The average molecular weight is 405 g/mol. The number of hydrogen-bond donors (Lipinski definition) is 1. The monoisotopic (exact) mass is 405 g/mol. The van der Waals surface area contributed by atoms with E-state index in [2.05, 4.69) is 8.67 Å². The standard InChI is InChI=1S/H3N.H2O8S2.Pt/c;1-9(2,3)7-8-10(4,5)6;/h1H3;(H,1,2,3)(H,4,5,6);/q;;+1/p-1. The Morgan fingerprint density at radius 1 is 0.833 bits per heavy atom.